The number of nitrogens with two attached hydrogens (primary N) is 1. The lowest BCUT2D eigenvalue weighted by Crippen LogP contribution is -2.32. The van der Waals surface area contributed by atoms with Gasteiger partial charge in [0.05, 0.1) is 11.4 Å². The van der Waals surface area contributed by atoms with Crippen LogP contribution in [0.1, 0.15) is 28.7 Å². The minimum atomic E-state index is -3.55. The van der Waals surface area contributed by atoms with E-state index in [1.54, 1.807) is 13.8 Å². The molecule has 6 nitrogen and oxygen atoms in total. The molecule has 1 amide bonds. The monoisotopic (exact) mass is 263 g/mol. The van der Waals surface area contributed by atoms with E-state index >= 15 is 0 Å². The lowest BCUT2D eigenvalue weighted by molar-refractivity contribution is 0.0984. The van der Waals surface area contributed by atoms with Crippen LogP contribution in [0.3, 0.4) is 0 Å². The van der Waals surface area contributed by atoms with E-state index in [1.165, 1.54) is 0 Å². The molecule has 0 bridgehead atoms. The molecule has 1 aromatic rings. The van der Waals surface area contributed by atoms with Gasteiger partial charge in [-0.25, -0.2) is 18.1 Å². The first-order valence-corrected chi connectivity index (χ1v) is 7.10. The first-order valence-electron chi connectivity index (χ1n) is 4.63. The molecule has 0 spiro atoms. The number of nitrogen functional groups attached to an aromatic ring is 1. The van der Waals surface area contributed by atoms with Crippen molar-refractivity contribution in [1.29, 1.82) is 0 Å². The summed E-state index contributed by atoms with van der Waals surface area (Å²) in [6, 6.07) is 0. The van der Waals surface area contributed by atoms with Crippen LogP contribution in [-0.2, 0) is 10.0 Å². The van der Waals surface area contributed by atoms with Gasteiger partial charge >= 0.3 is 0 Å². The van der Waals surface area contributed by atoms with Crippen molar-refractivity contribution < 1.29 is 13.2 Å². The zero-order valence-corrected chi connectivity index (χ0v) is 10.6. The molecule has 0 fully saturated rings. The number of hydrogen-bond acceptors (Lipinski definition) is 6. The number of rotatable bonds is 4. The molecule has 0 aliphatic rings. The van der Waals surface area contributed by atoms with Crippen molar-refractivity contribution in [3.8, 4) is 0 Å². The molecule has 0 unspecified atom stereocenters. The molecule has 1 aromatic heterocycles. The van der Waals surface area contributed by atoms with E-state index in [9.17, 15) is 13.2 Å². The van der Waals surface area contributed by atoms with Crippen LogP contribution < -0.4 is 10.5 Å². The number of carbonyl (C=O) groups is 1. The molecule has 3 N–H and O–H groups in total. The van der Waals surface area contributed by atoms with E-state index in [1.807, 2.05) is 4.72 Å². The molecule has 90 valence electrons. The van der Waals surface area contributed by atoms with Crippen LogP contribution in [0.15, 0.2) is 0 Å². The average Bonchev–Trinajstić information content (AvgIpc) is 2.44. The first-order chi connectivity index (χ1) is 7.35. The standard InChI is InChI=1S/C8H13N3O3S2/c1-3-4-16(13,14)11-7(12)6-5(2)10-8(9)15-6/h3-4H2,1-2H3,(H2,9,10)(H,11,12). The number of hydrogen-bond donors (Lipinski definition) is 2. The number of carbonyl (C=O) groups excluding carboxylic acids is 1. The highest BCUT2D eigenvalue weighted by atomic mass is 32.2. The van der Waals surface area contributed by atoms with Crippen molar-refractivity contribution in [2.75, 3.05) is 11.5 Å². The second-order valence-corrected chi connectivity index (χ2v) is 6.09. The maximum Gasteiger partial charge on any atom is 0.276 e. The van der Waals surface area contributed by atoms with E-state index in [0.29, 0.717) is 12.1 Å². The van der Waals surface area contributed by atoms with Crippen LogP contribution in [0.5, 0.6) is 0 Å². The van der Waals surface area contributed by atoms with Crippen LogP contribution >= 0.6 is 11.3 Å². The van der Waals surface area contributed by atoms with Gasteiger partial charge in [0.15, 0.2) is 5.13 Å². The van der Waals surface area contributed by atoms with Crippen molar-refractivity contribution >= 4 is 32.4 Å². The van der Waals surface area contributed by atoms with Crippen LogP contribution in [0, 0.1) is 6.92 Å². The van der Waals surface area contributed by atoms with Gasteiger partial charge in [-0.1, -0.05) is 18.3 Å². The van der Waals surface area contributed by atoms with E-state index < -0.39 is 15.9 Å². The number of amides is 1. The van der Waals surface area contributed by atoms with Gasteiger partial charge in [-0.3, -0.25) is 4.79 Å². The highest BCUT2D eigenvalue weighted by Crippen LogP contribution is 2.19. The zero-order chi connectivity index (χ0) is 12.3. The molecule has 16 heavy (non-hydrogen) atoms. The van der Waals surface area contributed by atoms with Crippen molar-refractivity contribution in [3.05, 3.63) is 10.6 Å². The number of nitrogens with one attached hydrogen (secondary N) is 1. The Balaban J connectivity index is 2.85. The fraction of sp³-hybridized carbons (Fsp3) is 0.500. The Kier molecular flexibility index (Phi) is 3.87. The summed E-state index contributed by atoms with van der Waals surface area (Å²) in [6.45, 7) is 3.33. The van der Waals surface area contributed by atoms with Gasteiger partial charge in [0.25, 0.3) is 5.91 Å². The second-order valence-electron chi connectivity index (χ2n) is 3.22. The van der Waals surface area contributed by atoms with Crippen LogP contribution in [0.25, 0.3) is 0 Å². The third-order valence-electron chi connectivity index (χ3n) is 1.74. The molecular formula is C8H13N3O3S2. The Morgan fingerprint density at radius 3 is 2.62 bits per heavy atom. The fourth-order valence-electron chi connectivity index (χ4n) is 1.14. The summed E-state index contributed by atoms with van der Waals surface area (Å²) in [5, 5.41) is 0.246. The highest BCUT2D eigenvalue weighted by molar-refractivity contribution is 7.90. The minimum absolute atomic E-state index is 0.0773. The summed E-state index contributed by atoms with van der Waals surface area (Å²) in [4.78, 5) is 15.7. The number of nitrogens with zero attached hydrogens (tertiary/aromatic N) is 1. The third kappa shape index (κ3) is 3.17. The molecule has 8 heteroatoms. The van der Waals surface area contributed by atoms with Gasteiger partial charge in [0.1, 0.15) is 4.88 Å². The van der Waals surface area contributed by atoms with Crippen LogP contribution in [0.4, 0.5) is 5.13 Å². The SMILES string of the molecule is CCCS(=O)(=O)NC(=O)c1sc(N)nc1C. The summed E-state index contributed by atoms with van der Waals surface area (Å²) in [7, 11) is -3.55. The Bertz CT molecular complexity index is 493. The number of anilines is 1. The lowest BCUT2D eigenvalue weighted by atomic mass is 10.4. The molecule has 0 saturated carbocycles. The fourth-order valence-corrected chi connectivity index (χ4v) is 2.95. The molecule has 0 aliphatic carbocycles. The summed E-state index contributed by atoms with van der Waals surface area (Å²) in [5.74, 6) is -0.744. The van der Waals surface area contributed by atoms with Crippen LogP contribution in [-0.4, -0.2) is 25.1 Å². The molecule has 0 atom stereocenters. The van der Waals surface area contributed by atoms with Crippen molar-refractivity contribution in [2.45, 2.75) is 20.3 Å². The molecule has 0 radical (unpaired) electrons. The minimum Gasteiger partial charge on any atom is -0.375 e. The summed E-state index contributed by atoms with van der Waals surface area (Å²) in [6.07, 6.45) is 0.451. The van der Waals surface area contributed by atoms with Crippen molar-refractivity contribution in [2.24, 2.45) is 0 Å². The maximum atomic E-state index is 11.6. The lowest BCUT2D eigenvalue weighted by Gasteiger charge is -2.03. The molecule has 0 aromatic carbocycles. The number of thiazole rings is 1. The molecule has 1 heterocycles. The van der Waals surface area contributed by atoms with E-state index in [-0.39, 0.29) is 15.8 Å². The van der Waals surface area contributed by atoms with Crippen molar-refractivity contribution in [1.82, 2.24) is 9.71 Å². The van der Waals surface area contributed by atoms with Crippen LogP contribution in [0.2, 0.25) is 0 Å². The number of aromatic nitrogens is 1. The Hall–Kier alpha value is -1.15. The maximum absolute atomic E-state index is 11.6. The van der Waals surface area contributed by atoms with Gasteiger partial charge in [0.2, 0.25) is 10.0 Å². The first kappa shape index (κ1) is 12.9. The normalized spacial score (nSPS) is 11.4. The summed E-state index contributed by atoms with van der Waals surface area (Å²) >= 11 is 0.971. The van der Waals surface area contributed by atoms with Gasteiger partial charge in [-0.05, 0) is 13.3 Å². The van der Waals surface area contributed by atoms with Gasteiger partial charge in [-0.2, -0.15) is 0 Å². The average molecular weight is 263 g/mol. The number of aryl methyl sites for hydroxylation is 1. The summed E-state index contributed by atoms with van der Waals surface area (Å²) < 4.78 is 24.7. The molecule has 0 aliphatic heterocycles. The Morgan fingerprint density at radius 2 is 2.19 bits per heavy atom. The summed E-state index contributed by atoms with van der Waals surface area (Å²) in [5.41, 5.74) is 5.85. The topological polar surface area (TPSA) is 102 Å². The quantitative estimate of drug-likeness (QED) is 0.823. The van der Waals surface area contributed by atoms with Gasteiger partial charge < -0.3 is 5.73 Å². The van der Waals surface area contributed by atoms with E-state index in [0.717, 1.165) is 11.3 Å². The Labute approximate surface area is 97.9 Å². The second kappa shape index (κ2) is 4.79. The predicted molar refractivity (Wildman–Crippen MR) is 62.8 cm³/mol. The predicted octanol–water partition coefficient (Wildman–Crippen LogP) is 0.503. The third-order valence-corrected chi connectivity index (χ3v) is 4.17. The van der Waals surface area contributed by atoms with Gasteiger partial charge in [0, 0.05) is 0 Å². The molecular weight excluding hydrogens is 250 g/mol. The highest BCUT2D eigenvalue weighted by Gasteiger charge is 2.19. The number of sulfonamides is 1. The largest absolute Gasteiger partial charge is 0.375 e. The Morgan fingerprint density at radius 1 is 1.56 bits per heavy atom. The zero-order valence-electron chi connectivity index (χ0n) is 8.98. The smallest absolute Gasteiger partial charge is 0.276 e. The molecule has 0 saturated heterocycles. The van der Waals surface area contributed by atoms with Gasteiger partial charge in [-0.15, -0.1) is 0 Å². The van der Waals surface area contributed by atoms with E-state index in [2.05, 4.69) is 4.98 Å². The van der Waals surface area contributed by atoms with Crippen molar-refractivity contribution in [3.63, 3.8) is 0 Å². The molecule has 1 rings (SSSR count). The van der Waals surface area contributed by atoms with E-state index in [4.69, 9.17) is 5.73 Å².